The summed E-state index contributed by atoms with van der Waals surface area (Å²) in [7, 11) is 0. The monoisotopic (exact) mass is 226 g/mol. The molecule has 2 nitrogen and oxygen atoms in total. The van der Waals surface area contributed by atoms with Gasteiger partial charge in [0, 0.05) is 6.54 Å². The van der Waals surface area contributed by atoms with Crippen LogP contribution in [-0.2, 0) is 6.54 Å². The summed E-state index contributed by atoms with van der Waals surface area (Å²) in [5.74, 6) is 0. The molecule has 0 fully saturated rings. The van der Waals surface area contributed by atoms with Gasteiger partial charge in [-0.2, -0.15) is 0 Å². The Balaban J connectivity index is 3.25. The normalized spacial score (nSPS) is 10.9. The maximum absolute atomic E-state index is 12.3. The van der Waals surface area contributed by atoms with Crippen molar-refractivity contribution in [2.75, 3.05) is 0 Å². The average molecular weight is 227 g/mol. The lowest BCUT2D eigenvalue weighted by Crippen LogP contribution is -2.03. The number of nitrogens with zero attached hydrogens (tertiary/aromatic N) is 1. The first kappa shape index (κ1) is 10.6. The minimum Gasteiger partial charge on any atom is -0.325 e. The molecule has 0 aromatic carbocycles. The molecular formula is C7H6Cl2F2N2. The Morgan fingerprint density at radius 2 is 2.08 bits per heavy atom. The molecule has 0 saturated carbocycles. The van der Waals surface area contributed by atoms with E-state index in [0.717, 1.165) is 0 Å². The number of pyridine rings is 1. The number of hydrogen-bond donors (Lipinski definition) is 1. The largest absolute Gasteiger partial charge is 0.325 e. The molecular weight excluding hydrogens is 221 g/mol. The fourth-order valence-corrected chi connectivity index (χ4v) is 1.22. The molecule has 0 atom stereocenters. The summed E-state index contributed by atoms with van der Waals surface area (Å²) in [4.78, 5) is 3.56. The number of aromatic nitrogens is 1. The highest BCUT2D eigenvalue weighted by Crippen LogP contribution is 2.31. The predicted molar refractivity (Wildman–Crippen MR) is 47.1 cm³/mol. The second kappa shape index (κ2) is 4.17. The number of halogens is 4. The lowest BCUT2D eigenvalue weighted by molar-refractivity contribution is 0.146. The molecule has 13 heavy (non-hydrogen) atoms. The second-order valence-corrected chi connectivity index (χ2v) is 3.08. The molecule has 0 saturated heterocycles. The zero-order valence-electron chi connectivity index (χ0n) is 6.40. The van der Waals surface area contributed by atoms with Crippen molar-refractivity contribution in [3.8, 4) is 0 Å². The van der Waals surface area contributed by atoms with Crippen LogP contribution < -0.4 is 5.73 Å². The van der Waals surface area contributed by atoms with Gasteiger partial charge >= 0.3 is 0 Å². The van der Waals surface area contributed by atoms with E-state index in [1.54, 1.807) is 0 Å². The summed E-state index contributed by atoms with van der Waals surface area (Å²) in [5.41, 5.74) is 5.01. The molecule has 1 aromatic rings. The van der Waals surface area contributed by atoms with Crippen LogP contribution in [0.25, 0.3) is 0 Å². The van der Waals surface area contributed by atoms with E-state index in [9.17, 15) is 8.78 Å². The van der Waals surface area contributed by atoms with Crippen LogP contribution in [0.5, 0.6) is 0 Å². The van der Waals surface area contributed by atoms with Gasteiger partial charge in [-0.3, -0.25) is 0 Å². The van der Waals surface area contributed by atoms with Crippen LogP contribution in [0.1, 0.15) is 17.8 Å². The van der Waals surface area contributed by atoms with Gasteiger partial charge in [0.05, 0.1) is 15.7 Å². The highest BCUT2D eigenvalue weighted by atomic mass is 35.5. The van der Waals surface area contributed by atoms with Crippen LogP contribution in [0.15, 0.2) is 6.07 Å². The second-order valence-electron chi connectivity index (χ2n) is 2.30. The zero-order valence-corrected chi connectivity index (χ0v) is 7.91. The van der Waals surface area contributed by atoms with Crippen LogP contribution in [0.3, 0.4) is 0 Å². The zero-order chi connectivity index (χ0) is 10.0. The summed E-state index contributed by atoms with van der Waals surface area (Å²) in [5, 5.41) is -0.165. The molecule has 0 aliphatic carbocycles. The van der Waals surface area contributed by atoms with E-state index in [-0.39, 0.29) is 16.6 Å². The smallest absolute Gasteiger partial charge is 0.281 e. The van der Waals surface area contributed by atoms with Gasteiger partial charge in [-0.1, -0.05) is 23.2 Å². The van der Waals surface area contributed by atoms with Crippen LogP contribution >= 0.6 is 23.2 Å². The molecule has 0 unspecified atom stereocenters. The van der Waals surface area contributed by atoms with E-state index in [0.29, 0.717) is 5.69 Å². The standard InChI is InChI=1S/C7H6Cl2F2N2/c8-4-1-3(2-12)13-6(5(4)9)7(10)11/h1,7H,2,12H2. The molecule has 0 spiro atoms. The molecule has 72 valence electrons. The Hall–Kier alpha value is -0.450. The fraction of sp³-hybridized carbons (Fsp3) is 0.286. The molecule has 2 N–H and O–H groups in total. The molecule has 0 amide bonds. The third-order valence-corrected chi connectivity index (χ3v) is 2.20. The van der Waals surface area contributed by atoms with Gasteiger partial charge < -0.3 is 5.73 Å². The minimum atomic E-state index is -2.74. The van der Waals surface area contributed by atoms with Crippen LogP contribution in [-0.4, -0.2) is 4.98 Å². The van der Waals surface area contributed by atoms with Crippen molar-refractivity contribution < 1.29 is 8.78 Å². The molecule has 0 aliphatic rings. The van der Waals surface area contributed by atoms with Gasteiger partial charge in [-0.15, -0.1) is 0 Å². The van der Waals surface area contributed by atoms with Crippen molar-refractivity contribution in [3.63, 3.8) is 0 Å². The molecule has 1 rings (SSSR count). The molecule has 0 aliphatic heterocycles. The van der Waals surface area contributed by atoms with Gasteiger partial charge in [0.2, 0.25) is 0 Å². The van der Waals surface area contributed by atoms with E-state index in [4.69, 9.17) is 28.9 Å². The first-order chi connectivity index (χ1) is 6.06. The van der Waals surface area contributed by atoms with Gasteiger partial charge in [0.15, 0.2) is 0 Å². The summed E-state index contributed by atoms with van der Waals surface area (Å²) in [6.07, 6.45) is -2.74. The summed E-state index contributed by atoms with van der Waals surface area (Å²) in [6.45, 7) is 0.0522. The minimum absolute atomic E-state index is 0.0485. The van der Waals surface area contributed by atoms with Crippen molar-refractivity contribution in [2.24, 2.45) is 5.73 Å². The van der Waals surface area contributed by atoms with Crippen LogP contribution in [0, 0.1) is 0 Å². The molecule has 6 heteroatoms. The van der Waals surface area contributed by atoms with Crippen molar-refractivity contribution >= 4 is 23.2 Å². The first-order valence-electron chi connectivity index (χ1n) is 3.39. The van der Waals surface area contributed by atoms with Gasteiger partial charge in [0.25, 0.3) is 6.43 Å². The van der Waals surface area contributed by atoms with E-state index in [1.807, 2.05) is 0 Å². The fourth-order valence-electron chi connectivity index (χ4n) is 0.817. The molecule has 0 radical (unpaired) electrons. The molecule has 1 aromatic heterocycles. The average Bonchev–Trinajstić information content (AvgIpc) is 2.09. The summed E-state index contributed by atoms with van der Waals surface area (Å²) in [6, 6.07) is 1.37. The highest BCUT2D eigenvalue weighted by Gasteiger charge is 2.17. The van der Waals surface area contributed by atoms with E-state index < -0.39 is 12.1 Å². The summed E-state index contributed by atoms with van der Waals surface area (Å²) >= 11 is 11.1. The lowest BCUT2D eigenvalue weighted by Gasteiger charge is -2.06. The maximum atomic E-state index is 12.3. The summed E-state index contributed by atoms with van der Waals surface area (Å²) < 4.78 is 24.6. The van der Waals surface area contributed by atoms with Crippen molar-refractivity contribution in [3.05, 3.63) is 27.5 Å². The van der Waals surface area contributed by atoms with E-state index in [1.165, 1.54) is 6.07 Å². The first-order valence-corrected chi connectivity index (χ1v) is 4.15. The van der Waals surface area contributed by atoms with Gasteiger partial charge in [-0.25, -0.2) is 13.8 Å². The Kier molecular flexibility index (Phi) is 3.41. The van der Waals surface area contributed by atoms with Crippen LogP contribution in [0.4, 0.5) is 8.78 Å². The topological polar surface area (TPSA) is 38.9 Å². The third kappa shape index (κ3) is 2.27. The molecule has 1 heterocycles. The Morgan fingerprint density at radius 3 is 2.54 bits per heavy atom. The quantitative estimate of drug-likeness (QED) is 0.843. The van der Waals surface area contributed by atoms with Crippen molar-refractivity contribution in [1.29, 1.82) is 0 Å². The molecule has 0 bridgehead atoms. The Bertz CT molecular complexity index is 318. The van der Waals surface area contributed by atoms with E-state index >= 15 is 0 Å². The van der Waals surface area contributed by atoms with Gasteiger partial charge in [-0.05, 0) is 6.07 Å². The predicted octanol–water partition coefficient (Wildman–Crippen LogP) is 2.78. The maximum Gasteiger partial charge on any atom is 0.281 e. The van der Waals surface area contributed by atoms with E-state index in [2.05, 4.69) is 4.98 Å². The Morgan fingerprint density at radius 1 is 1.46 bits per heavy atom. The highest BCUT2D eigenvalue weighted by molar-refractivity contribution is 6.42. The third-order valence-electron chi connectivity index (χ3n) is 1.41. The Labute approximate surface area is 83.7 Å². The van der Waals surface area contributed by atoms with Crippen molar-refractivity contribution in [2.45, 2.75) is 13.0 Å². The van der Waals surface area contributed by atoms with Crippen molar-refractivity contribution in [1.82, 2.24) is 4.98 Å². The van der Waals surface area contributed by atoms with Gasteiger partial charge in [0.1, 0.15) is 5.69 Å². The number of nitrogens with two attached hydrogens (primary N) is 1. The SMILES string of the molecule is NCc1cc(Cl)c(Cl)c(C(F)F)n1. The number of rotatable bonds is 2. The van der Waals surface area contributed by atoms with Crippen LogP contribution in [0.2, 0.25) is 10.0 Å². The lowest BCUT2D eigenvalue weighted by atomic mass is 10.3. The number of alkyl halides is 2. The number of hydrogen-bond acceptors (Lipinski definition) is 2.